The lowest BCUT2D eigenvalue weighted by molar-refractivity contribution is -0.108. The fourth-order valence-electron chi connectivity index (χ4n) is 3.30. The van der Waals surface area contributed by atoms with E-state index in [4.69, 9.17) is 6.42 Å². The second kappa shape index (κ2) is 7.37. The predicted molar refractivity (Wildman–Crippen MR) is 102 cm³/mol. The van der Waals surface area contributed by atoms with Gasteiger partial charge in [-0.15, -0.1) is 6.42 Å². The van der Waals surface area contributed by atoms with Gasteiger partial charge in [0.15, 0.2) is 0 Å². The predicted octanol–water partition coefficient (Wildman–Crippen LogP) is 2.49. The van der Waals surface area contributed by atoms with Crippen molar-refractivity contribution in [3.05, 3.63) is 63.7 Å². The number of aldehydes is 1. The molecule has 2 heterocycles. The van der Waals surface area contributed by atoms with E-state index in [1.54, 1.807) is 12.1 Å². The summed E-state index contributed by atoms with van der Waals surface area (Å²) >= 11 is 0. The van der Waals surface area contributed by atoms with Crippen LogP contribution in [0.15, 0.2) is 30.3 Å². The molecule has 0 unspecified atom stereocenters. The first kappa shape index (κ1) is 17.6. The Morgan fingerprint density at radius 3 is 2.81 bits per heavy atom. The summed E-state index contributed by atoms with van der Waals surface area (Å²) in [5, 5.41) is 2.52. The number of pyridine rings is 1. The summed E-state index contributed by atoms with van der Waals surface area (Å²) in [5.74, 6) is 2.22. The monoisotopic (exact) mass is 346 g/mol. The van der Waals surface area contributed by atoms with Crippen molar-refractivity contribution >= 4 is 29.3 Å². The van der Waals surface area contributed by atoms with E-state index in [1.165, 1.54) is 12.1 Å². The van der Waals surface area contributed by atoms with Gasteiger partial charge in [-0.3, -0.25) is 4.98 Å². The molecule has 3 rings (SSSR count). The molecule has 1 aromatic carbocycles. The lowest BCUT2D eigenvalue weighted by Gasteiger charge is -2.05. The van der Waals surface area contributed by atoms with Crippen molar-refractivity contribution in [2.24, 2.45) is 0 Å². The molecule has 3 nitrogen and oxygen atoms in total. The van der Waals surface area contributed by atoms with Crippen LogP contribution in [0.3, 0.4) is 0 Å². The van der Waals surface area contributed by atoms with Crippen LogP contribution in [0, 0.1) is 25.1 Å². The minimum Gasteiger partial charge on any atom is -0.337 e. The fourth-order valence-corrected chi connectivity index (χ4v) is 3.30. The number of terminal acetylenes is 1. The third-order valence-electron chi connectivity index (χ3n) is 4.58. The molecule has 0 spiro atoms. The van der Waals surface area contributed by atoms with Crippen LogP contribution in [0.2, 0.25) is 0 Å². The molecule has 0 aliphatic heterocycles. The van der Waals surface area contributed by atoms with Crippen molar-refractivity contribution in [1.82, 2.24) is 9.55 Å². The number of aromatic nitrogens is 2. The number of nitrogens with zero attached hydrogens (tertiary/aromatic N) is 2. The standard InChI is InChI=1S/C22H19FN2O/c1-4-6-21-16(5-2)7-9-18(24-21)14-19-15(3)25(11-12-26)22-10-8-17(23)13-20(19)22/h1,5-10,12-13H,11,14H2,2-3H3/b16-5-,21-6+. The van der Waals surface area contributed by atoms with E-state index in [9.17, 15) is 9.18 Å². The number of benzene rings is 1. The van der Waals surface area contributed by atoms with Gasteiger partial charge in [0.25, 0.3) is 0 Å². The third-order valence-corrected chi connectivity index (χ3v) is 4.58. The second-order valence-electron chi connectivity index (χ2n) is 6.06. The Bertz CT molecular complexity index is 1150. The summed E-state index contributed by atoms with van der Waals surface area (Å²) in [4.78, 5) is 15.7. The molecule has 0 atom stereocenters. The number of rotatable bonds is 4. The highest BCUT2D eigenvalue weighted by Crippen LogP contribution is 2.28. The molecule has 0 saturated heterocycles. The Balaban J connectivity index is 2.18. The smallest absolute Gasteiger partial charge is 0.139 e. The van der Waals surface area contributed by atoms with Crippen LogP contribution in [0.1, 0.15) is 23.9 Å². The molecule has 0 aliphatic carbocycles. The Labute approximate surface area is 151 Å². The van der Waals surface area contributed by atoms with Crippen molar-refractivity contribution in [3.63, 3.8) is 0 Å². The van der Waals surface area contributed by atoms with Gasteiger partial charge in [-0.05, 0) is 48.9 Å². The second-order valence-corrected chi connectivity index (χ2v) is 6.06. The number of hydrogen-bond acceptors (Lipinski definition) is 2. The highest BCUT2D eigenvalue weighted by atomic mass is 19.1. The van der Waals surface area contributed by atoms with Crippen LogP contribution in [-0.4, -0.2) is 15.8 Å². The first-order valence-electron chi connectivity index (χ1n) is 8.38. The Kier molecular flexibility index (Phi) is 4.99. The van der Waals surface area contributed by atoms with Gasteiger partial charge in [0.2, 0.25) is 0 Å². The van der Waals surface area contributed by atoms with Crippen LogP contribution in [0.5, 0.6) is 0 Å². The van der Waals surface area contributed by atoms with Gasteiger partial charge in [-0.1, -0.05) is 18.1 Å². The number of halogens is 1. The normalized spacial score (nSPS) is 12.5. The van der Waals surface area contributed by atoms with Crippen LogP contribution in [0.25, 0.3) is 23.1 Å². The molecular formula is C22H19FN2O. The molecule has 2 aromatic heterocycles. The first-order valence-corrected chi connectivity index (χ1v) is 8.38. The Morgan fingerprint density at radius 2 is 2.12 bits per heavy atom. The lowest BCUT2D eigenvalue weighted by Crippen LogP contribution is -2.28. The van der Waals surface area contributed by atoms with Gasteiger partial charge in [0, 0.05) is 34.8 Å². The van der Waals surface area contributed by atoms with E-state index >= 15 is 0 Å². The van der Waals surface area contributed by atoms with Crippen molar-refractivity contribution in [1.29, 1.82) is 0 Å². The SMILES string of the molecule is C#C/C=c1/nc(Cc2c(C)n(CC=O)c3ccc(F)cc23)cc/c1=C/C. The Hall–Kier alpha value is -3.19. The molecule has 0 fully saturated rings. The highest BCUT2D eigenvalue weighted by Gasteiger charge is 2.15. The van der Waals surface area contributed by atoms with E-state index in [-0.39, 0.29) is 12.4 Å². The molecule has 130 valence electrons. The molecular weight excluding hydrogens is 327 g/mol. The summed E-state index contributed by atoms with van der Waals surface area (Å²) in [5.41, 5.74) is 3.59. The zero-order valence-corrected chi connectivity index (χ0v) is 14.8. The van der Waals surface area contributed by atoms with Gasteiger partial charge in [0.1, 0.15) is 12.1 Å². The summed E-state index contributed by atoms with van der Waals surface area (Å²) in [6, 6.07) is 8.57. The van der Waals surface area contributed by atoms with Gasteiger partial charge >= 0.3 is 0 Å². The van der Waals surface area contributed by atoms with E-state index in [2.05, 4.69) is 10.9 Å². The summed E-state index contributed by atoms with van der Waals surface area (Å²) in [6.45, 7) is 4.12. The van der Waals surface area contributed by atoms with E-state index in [0.29, 0.717) is 6.42 Å². The van der Waals surface area contributed by atoms with E-state index in [1.807, 2.05) is 36.6 Å². The maximum atomic E-state index is 13.8. The molecule has 0 amide bonds. The highest BCUT2D eigenvalue weighted by molar-refractivity contribution is 5.86. The molecule has 26 heavy (non-hydrogen) atoms. The molecule has 0 aliphatic rings. The minimum atomic E-state index is -0.299. The van der Waals surface area contributed by atoms with Crippen molar-refractivity contribution in [2.75, 3.05) is 0 Å². The van der Waals surface area contributed by atoms with Crippen molar-refractivity contribution < 1.29 is 9.18 Å². The topological polar surface area (TPSA) is 34.9 Å². The Morgan fingerprint density at radius 1 is 1.31 bits per heavy atom. The van der Waals surface area contributed by atoms with Crippen LogP contribution < -0.4 is 10.6 Å². The first-order chi connectivity index (χ1) is 12.6. The average Bonchev–Trinajstić information content (AvgIpc) is 2.88. The van der Waals surface area contributed by atoms with E-state index < -0.39 is 0 Å². The third kappa shape index (κ3) is 3.16. The molecule has 0 bridgehead atoms. The fraction of sp³-hybridized carbons (Fsp3) is 0.182. The maximum Gasteiger partial charge on any atom is 0.139 e. The van der Waals surface area contributed by atoms with Crippen LogP contribution in [0.4, 0.5) is 4.39 Å². The summed E-state index contributed by atoms with van der Waals surface area (Å²) in [6.07, 6.45) is 10.4. The van der Waals surface area contributed by atoms with Gasteiger partial charge < -0.3 is 9.36 Å². The average molecular weight is 346 g/mol. The zero-order chi connectivity index (χ0) is 18.7. The number of fused-ring (bicyclic) bond motifs is 1. The largest absolute Gasteiger partial charge is 0.337 e. The summed E-state index contributed by atoms with van der Waals surface area (Å²) in [7, 11) is 0. The minimum absolute atomic E-state index is 0.237. The molecule has 0 N–H and O–H groups in total. The number of carbonyl (C=O) groups excluding carboxylic acids is 1. The van der Waals surface area contributed by atoms with Crippen LogP contribution in [-0.2, 0) is 17.8 Å². The van der Waals surface area contributed by atoms with Gasteiger partial charge in [-0.2, -0.15) is 0 Å². The summed E-state index contributed by atoms with van der Waals surface area (Å²) < 4.78 is 15.7. The molecule has 0 saturated carbocycles. The van der Waals surface area contributed by atoms with Gasteiger partial charge in [0.05, 0.1) is 11.9 Å². The molecule has 4 heteroatoms. The van der Waals surface area contributed by atoms with E-state index in [0.717, 1.165) is 44.7 Å². The van der Waals surface area contributed by atoms with Gasteiger partial charge in [-0.25, -0.2) is 4.39 Å². The maximum absolute atomic E-state index is 13.8. The lowest BCUT2D eigenvalue weighted by atomic mass is 10.0. The number of hydrogen-bond donors (Lipinski definition) is 0. The van der Waals surface area contributed by atoms with Crippen LogP contribution >= 0.6 is 0 Å². The number of carbonyl (C=O) groups is 1. The molecule has 3 aromatic rings. The zero-order valence-electron chi connectivity index (χ0n) is 14.8. The quantitative estimate of drug-likeness (QED) is 0.537. The molecule has 0 radical (unpaired) electrons. The van der Waals surface area contributed by atoms with Crippen molar-refractivity contribution in [2.45, 2.75) is 26.8 Å². The van der Waals surface area contributed by atoms with Crippen molar-refractivity contribution in [3.8, 4) is 12.3 Å².